The fraction of sp³-hybridized carbons (Fsp3) is 0.382. The van der Waals surface area contributed by atoms with E-state index in [2.05, 4.69) is 17.0 Å². The normalized spacial score (nSPS) is 12.1. The standard InChI is InChI=1S/C34H43Cl2N3O4/c1-38(2)33(41)25-43-29-16-14-26(15-17-29)13-10-20-42-19-9-4-3-8-18-39(23-27-11-6-5-7-12-27)24-32(40)28-21-30(35)34(37)31(36)22-28/h5-7,10-17,21-22,32,40H,3-4,8-9,18-20,23-25,37H2,1-2H3/b13-10-. The van der Waals surface area contributed by atoms with Gasteiger partial charge in [0.25, 0.3) is 5.91 Å². The molecule has 3 N–H and O–H groups in total. The summed E-state index contributed by atoms with van der Waals surface area (Å²) in [6, 6.07) is 21.2. The van der Waals surface area contributed by atoms with Gasteiger partial charge in [0.15, 0.2) is 6.61 Å². The molecule has 0 aliphatic carbocycles. The number of carbonyl (C=O) groups is 1. The highest BCUT2D eigenvalue weighted by molar-refractivity contribution is 6.38. The summed E-state index contributed by atoms with van der Waals surface area (Å²) in [5, 5.41) is 11.7. The van der Waals surface area contributed by atoms with Gasteiger partial charge in [0, 0.05) is 33.8 Å². The molecule has 9 heteroatoms. The second kappa shape index (κ2) is 18.6. The van der Waals surface area contributed by atoms with Gasteiger partial charge in [-0.05, 0) is 60.3 Å². The molecule has 0 heterocycles. The number of benzene rings is 3. The Morgan fingerprint density at radius 1 is 0.977 bits per heavy atom. The van der Waals surface area contributed by atoms with Gasteiger partial charge < -0.3 is 25.2 Å². The first-order chi connectivity index (χ1) is 20.7. The average molecular weight is 629 g/mol. The third-order valence-corrected chi connectivity index (χ3v) is 7.57. The number of anilines is 1. The van der Waals surface area contributed by atoms with Crippen LogP contribution in [0.4, 0.5) is 5.69 Å². The molecule has 0 bridgehead atoms. The molecular weight excluding hydrogens is 585 g/mol. The van der Waals surface area contributed by atoms with Crippen LogP contribution in [0.15, 0.2) is 72.8 Å². The second-order valence-electron chi connectivity index (χ2n) is 10.7. The fourth-order valence-electron chi connectivity index (χ4n) is 4.40. The van der Waals surface area contributed by atoms with Crippen molar-refractivity contribution in [3.63, 3.8) is 0 Å². The highest BCUT2D eigenvalue weighted by Crippen LogP contribution is 2.31. The van der Waals surface area contributed by atoms with Crippen LogP contribution in [0.5, 0.6) is 5.75 Å². The number of amides is 1. The van der Waals surface area contributed by atoms with Gasteiger partial charge in [-0.1, -0.05) is 90.7 Å². The van der Waals surface area contributed by atoms with E-state index in [-0.39, 0.29) is 12.5 Å². The number of likely N-dealkylation sites (N-methyl/N-ethyl adjacent to an activating group) is 1. The number of nitrogen functional groups attached to an aromatic ring is 1. The Hall–Kier alpha value is -3.07. The molecule has 0 aliphatic rings. The second-order valence-corrected chi connectivity index (χ2v) is 11.5. The molecule has 7 nitrogen and oxygen atoms in total. The molecule has 0 fully saturated rings. The first-order valence-corrected chi connectivity index (χ1v) is 15.3. The van der Waals surface area contributed by atoms with E-state index < -0.39 is 6.10 Å². The van der Waals surface area contributed by atoms with E-state index in [1.807, 2.05) is 54.6 Å². The van der Waals surface area contributed by atoms with Crippen LogP contribution in [0.2, 0.25) is 10.0 Å². The zero-order valence-corrected chi connectivity index (χ0v) is 26.6. The largest absolute Gasteiger partial charge is 0.484 e. The van der Waals surface area contributed by atoms with Crippen LogP contribution >= 0.6 is 23.2 Å². The van der Waals surface area contributed by atoms with Gasteiger partial charge in [0.05, 0.1) is 28.4 Å². The maximum absolute atomic E-state index is 11.6. The summed E-state index contributed by atoms with van der Waals surface area (Å²) in [6.07, 6.45) is 7.45. The van der Waals surface area contributed by atoms with Crippen molar-refractivity contribution >= 4 is 40.9 Å². The molecule has 0 radical (unpaired) electrons. The molecule has 0 saturated carbocycles. The third kappa shape index (κ3) is 12.6. The molecule has 1 unspecified atom stereocenters. The number of carbonyl (C=O) groups excluding carboxylic acids is 1. The van der Waals surface area contributed by atoms with Crippen LogP contribution in [0, 0.1) is 0 Å². The molecule has 0 aliphatic heterocycles. The summed E-state index contributed by atoms with van der Waals surface area (Å²) in [5.41, 5.74) is 9.09. The molecule has 1 amide bonds. The quantitative estimate of drug-likeness (QED) is 0.118. The van der Waals surface area contributed by atoms with Crippen LogP contribution < -0.4 is 10.5 Å². The van der Waals surface area contributed by atoms with Crippen LogP contribution in [0.1, 0.15) is 48.5 Å². The van der Waals surface area contributed by atoms with Gasteiger partial charge in [-0.2, -0.15) is 0 Å². The number of ether oxygens (including phenoxy) is 2. The molecular formula is C34H43Cl2N3O4. The van der Waals surface area contributed by atoms with Crippen LogP contribution in [-0.4, -0.2) is 67.8 Å². The first-order valence-electron chi connectivity index (χ1n) is 14.6. The number of aliphatic hydroxyl groups excluding tert-OH is 1. The number of nitrogens with two attached hydrogens (primary N) is 1. The molecule has 3 aromatic carbocycles. The molecule has 0 spiro atoms. The van der Waals surface area contributed by atoms with Crippen molar-refractivity contribution < 1.29 is 19.4 Å². The van der Waals surface area contributed by atoms with E-state index in [9.17, 15) is 9.90 Å². The monoisotopic (exact) mass is 627 g/mol. The van der Waals surface area contributed by atoms with Crippen LogP contribution in [0.25, 0.3) is 6.08 Å². The Kier molecular flexibility index (Phi) is 14.9. The smallest absolute Gasteiger partial charge is 0.259 e. The number of rotatable bonds is 18. The van der Waals surface area contributed by atoms with Gasteiger partial charge in [-0.25, -0.2) is 0 Å². The van der Waals surface area contributed by atoms with Gasteiger partial charge in [0.1, 0.15) is 5.75 Å². The molecule has 3 aromatic rings. The van der Waals surface area contributed by atoms with E-state index in [4.69, 9.17) is 38.4 Å². The van der Waals surface area contributed by atoms with Crippen molar-refractivity contribution in [3.8, 4) is 5.75 Å². The number of unbranched alkanes of at least 4 members (excludes halogenated alkanes) is 3. The molecule has 232 valence electrons. The van der Waals surface area contributed by atoms with Crippen molar-refractivity contribution in [2.75, 3.05) is 52.7 Å². The summed E-state index contributed by atoms with van der Waals surface area (Å²) in [4.78, 5) is 15.4. The van der Waals surface area contributed by atoms with E-state index >= 15 is 0 Å². The van der Waals surface area contributed by atoms with Crippen molar-refractivity contribution in [3.05, 3.63) is 99.5 Å². The van der Waals surface area contributed by atoms with E-state index in [0.29, 0.717) is 46.8 Å². The van der Waals surface area contributed by atoms with Gasteiger partial charge >= 0.3 is 0 Å². The zero-order valence-electron chi connectivity index (χ0n) is 25.1. The van der Waals surface area contributed by atoms with Crippen LogP contribution in [-0.2, 0) is 16.1 Å². The predicted molar refractivity (Wildman–Crippen MR) is 177 cm³/mol. The minimum Gasteiger partial charge on any atom is -0.484 e. The number of hydrogen-bond donors (Lipinski definition) is 2. The maximum atomic E-state index is 11.6. The van der Waals surface area contributed by atoms with Gasteiger partial charge in [0.2, 0.25) is 0 Å². The van der Waals surface area contributed by atoms with Crippen molar-refractivity contribution in [1.29, 1.82) is 0 Å². The zero-order chi connectivity index (χ0) is 31.0. The topological polar surface area (TPSA) is 88.3 Å². The Morgan fingerprint density at radius 3 is 2.33 bits per heavy atom. The SMILES string of the molecule is CN(C)C(=O)COc1ccc(/C=C\COCCCCCCN(Cc2ccccc2)CC(O)c2cc(Cl)c(N)c(Cl)c2)cc1. The maximum Gasteiger partial charge on any atom is 0.259 e. The molecule has 43 heavy (non-hydrogen) atoms. The van der Waals surface area contributed by atoms with Crippen molar-refractivity contribution in [1.82, 2.24) is 9.80 Å². The molecule has 0 aromatic heterocycles. The predicted octanol–water partition coefficient (Wildman–Crippen LogP) is 6.87. The summed E-state index contributed by atoms with van der Waals surface area (Å²) in [5.74, 6) is 0.591. The summed E-state index contributed by atoms with van der Waals surface area (Å²) < 4.78 is 11.3. The van der Waals surface area contributed by atoms with Crippen molar-refractivity contribution in [2.45, 2.75) is 38.3 Å². The number of nitrogens with zero attached hydrogens (tertiary/aromatic N) is 2. The van der Waals surface area contributed by atoms with Gasteiger partial charge in [-0.3, -0.25) is 9.69 Å². The Balaban J connectivity index is 1.34. The Morgan fingerprint density at radius 2 is 1.65 bits per heavy atom. The van der Waals surface area contributed by atoms with E-state index in [0.717, 1.165) is 44.3 Å². The minimum absolute atomic E-state index is 0.0288. The lowest BCUT2D eigenvalue weighted by atomic mass is 10.1. The average Bonchev–Trinajstić information content (AvgIpc) is 3.00. The van der Waals surface area contributed by atoms with E-state index in [1.165, 1.54) is 10.5 Å². The Labute approximate surface area is 265 Å². The minimum atomic E-state index is -0.731. The number of halogens is 2. The Bertz CT molecular complexity index is 1260. The number of hydrogen-bond acceptors (Lipinski definition) is 6. The lowest BCUT2D eigenvalue weighted by Gasteiger charge is -2.26. The highest BCUT2D eigenvalue weighted by Gasteiger charge is 2.17. The fourth-order valence-corrected chi connectivity index (χ4v) is 4.90. The summed E-state index contributed by atoms with van der Waals surface area (Å²) in [7, 11) is 3.41. The molecule has 0 saturated heterocycles. The lowest BCUT2D eigenvalue weighted by molar-refractivity contribution is -0.130. The summed E-state index contributed by atoms with van der Waals surface area (Å²) >= 11 is 12.4. The molecule has 3 rings (SSSR count). The lowest BCUT2D eigenvalue weighted by Crippen LogP contribution is -2.29. The van der Waals surface area contributed by atoms with Crippen molar-refractivity contribution in [2.24, 2.45) is 0 Å². The highest BCUT2D eigenvalue weighted by atomic mass is 35.5. The summed E-state index contributed by atoms with van der Waals surface area (Å²) in [6.45, 7) is 3.37. The van der Waals surface area contributed by atoms with Gasteiger partial charge in [-0.15, -0.1) is 0 Å². The number of aliphatic hydroxyl groups is 1. The van der Waals surface area contributed by atoms with Crippen LogP contribution in [0.3, 0.4) is 0 Å². The van der Waals surface area contributed by atoms with E-state index in [1.54, 1.807) is 26.2 Å². The third-order valence-electron chi connectivity index (χ3n) is 6.94. The first kappa shape index (κ1) is 34.4. The molecule has 1 atom stereocenters.